The highest BCUT2D eigenvalue weighted by molar-refractivity contribution is 7.99. The Balaban J connectivity index is 2.73. The minimum atomic E-state index is -1.05. The molecule has 0 aromatic heterocycles. The molecule has 1 N–H and O–H groups in total. The number of hydrogen-bond acceptors (Lipinski definition) is 6. The van der Waals surface area contributed by atoms with E-state index in [0.717, 1.165) is 0 Å². The van der Waals surface area contributed by atoms with Gasteiger partial charge in [0.05, 0.1) is 19.1 Å². The van der Waals surface area contributed by atoms with Crippen molar-refractivity contribution in [3.05, 3.63) is 0 Å². The van der Waals surface area contributed by atoms with Crippen molar-refractivity contribution in [2.24, 2.45) is 0 Å². The highest BCUT2D eigenvalue weighted by atomic mass is 32.2. The molecule has 0 aliphatic carbocycles. The number of nitrogens with zero attached hydrogens (tertiary/aromatic N) is 2. The molecule has 8 nitrogen and oxygen atoms in total. The molecule has 1 atom stereocenters. The lowest BCUT2D eigenvalue weighted by atomic mass is 10.3. The second-order valence-electron chi connectivity index (χ2n) is 4.33. The van der Waals surface area contributed by atoms with Crippen LogP contribution in [-0.4, -0.2) is 84.0 Å². The van der Waals surface area contributed by atoms with E-state index in [2.05, 4.69) is 0 Å². The number of ether oxygens (including phenoxy) is 2. The molecule has 21 heavy (non-hydrogen) atoms. The largest absolute Gasteiger partial charge is 0.480 e. The van der Waals surface area contributed by atoms with Gasteiger partial charge in [0, 0.05) is 19.4 Å². The summed E-state index contributed by atoms with van der Waals surface area (Å²) in [6.45, 7) is 2.13. The van der Waals surface area contributed by atoms with E-state index in [1.165, 1.54) is 28.7 Å². The Morgan fingerprint density at radius 1 is 1.43 bits per heavy atom. The quantitative estimate of drug-likeness (QED) is 0.663. The Hall–Kier alpha value is -1.48. The van der Waals surface area contributed by atoms with Gasteiger partial charge in [-0.3, -0.25) is 4.79 Å². The number of rotatable bonds is 7. The molecule has 1 rings (SSSR count). The van der Waals surface area contributed by atoms with Gasteiger partial charge >= 0.3 is 18.0 Å². The summed E-state index contributed by atoms with van der Waals surface area (Å²) in [6, 6.07) is -1.35. The van der Waals surface area contributed by atoms with Crippen LogP contribution in [0.5, 0.6) is 0 Å². The molecule has 9 heteroatoms. The second-order valence-corrected chi connectivity index (χ2v) is 5.33. The number of carboxylic acid groups (broad SMARTS) is 1. The smallest absolute Gasteiger partial charge is 0.327 e. The lowest BCUT2D eigenvalue weighted by Crippen LogP contribution is -2.51. The SMILES string of the molecule is CCOC(=O)CN(CCOC)C(=O)N1CSC[C@H]1C(=O)O. The average Bonchev–Trinajstić information content (AvgIpc) is 2.92. The highest BCUT2D eigenvalue weighted by Gasteiger charge is 2.37. The van der Waals surface area contributed by atoms with Gasteiger partial charge in [-0.05, 0) is 6.92 Å². The van der Waals surface area contributed by atoms with E-state index in [1.807, 2.05) is 0 Å². The number of aliphatic carboxylic acids is 1. The molecule has 1 fully saturated rings. The number of amides is 2. The van der Waals surface area contributed by atoms with Crippen LogP contribution in [0.25, 0.3) is 0 Å². The van der Waals surface area contributed by atoms with Crippen LogP contribution in [0.2, 0.25) is 0 Å². The lowest BCUT2D eigenvalue weighted by Gasteiger charge is -2.29. The van der Waals surface area contributed by atoms with Crippen molar-refractivity contribution in [2.75, 3.05) is 45.0 Å². The van der Waals surface area contributed by atoms with Crippen LogP contribution in [-0.2, 0) is 19.1 Å². The van der Waals surface area contributed by atoms with Gasteiger partial charge < -0.3 is 24.4 Å². The summed E-state index contributed by atoms with van der Waals surface area (Å²) in [5.41, 5.74) is 0. The number of thioether (sulfide) groups is 1. The van der Waals surface area contributed by atoms with Crippen LogP contribution in [0.4, 0.5) is 4.79 Å². The fourth-order valence-electron chi connectivity index (χ4n) is 1.82. The third-order valence-electron chi connectivity index (χ3n) is 2.87. The van der Waals surface area contributed by atoms with Gasteiger partial charge in [0.2, 0.25) is 0 Å². The van der Waals surface area contributed by atoms with Crippen LogP contribution in [0, 0.1) is 0 Å². The van der Waals surface area contributed by atoms with Crippen molar-refractivity contribution < 1.29 is 29.0 Å². The first-order valence-corrected chi connectivity index (χ1v) is 7.67. The molecule has 0 unspecified atom stereocenters. The molecule has 0 bridgehead atoms. The summed E-state index contributed by atoms with van der Waals surface area (Å²) in [7, 11) is 1.48. The first-order chi connectivity index (χ1) is 10.0. The van der Waals surface area contributed by atoms with E-state index >= 15 is 0 Å². The predicted octanol–water partition coefficient (Wildman–Crippen LogP) is 0.0774. The number of esters is 1. The highest BCUT2D eigenvalue weighted by Crippen LogP contribution is 2.22. The fraction of sp³-hybridized carbons (Fsp3) is 0.750. The number of methoxy groups -OCH3 is 1. The molecule has 1 aliphatic heterocycles. The van der Waals surface area contributed by atoms with Crippen molar-refractivity contribution in [3.63, 3.8) is 0 Å². The van der Waals surface area contributed by atoms with Crippen LogP contribution in [0.1, 0.15) is 6.92 Å². The molecular formula is C12H20N2O6S. The van der Waals surface area contributed by atoms with Crippen LogP contribution < -0.4 is 0 Å². The Morgan fingerprint density at radius 3 is 2.71 bits per heavy atom. The van der Waals surface area contributed by atoms with Gasteiger partial charge in [-0.2, -0.15) is 0 Å². The maximum absolute atomic E-state index is 12.4. The van der Waals surface area contributed by atoms with Crippen molar-refractivity contribution >= 4 is 29.7 Å². The van der Waals surface area contributed by atoms with E-state index in [4.69, 9.17) is 14.6 Å². The summed E-state index contributed by atoms with van der Waals surface area (Å²) in [5, 5.41) is 9.11. The summed E-state index contributed by atoms with van der Waals surface area (Å²) >= 11 is 1.37. The zero-order valence-corrected chi connectivity index (χ0v) is 12.9. The zero-order valence-electron chi connectivity index (χ0n) is 12.1. The number of hydrogen-bond donors (Lipinski definition) is 1. The maximum atomic E-state index is 12.4. The molecule has 0 radical (unpaired) electrons. The Bertz CT molecular complexity index is 392. The Labute approximate surface area is 127 Å². The normalized spacial score (nSPS) is 17.6. The van der Waals surface area contributed by atoms with E-state index in [0.29, 0.717) is 11.6 Å². The fourth-order valence-corrected chi connectivity index (χ4v) is 2.96. The molecular weight excluding hydrogens is 300 g/mol. The van der Waals surface area contributed by atoms with Gasteiger partial charge in [-0.1, -0.05) is 0 Å². The molecule has 0 saturated carbocycles. The number of carboxylic acids is 1. The van der Waals surface area contributed by atoms with Gasteiger partial charge in [0.25, 0.3) is 0 Å². The molecule has 1 aliphatic rings. The van der Waals surface area contributed by atoms with Crippen molar-refractivity contribution in [2.45, 2.75) is 13.0 Å². The molecule has 120 valence electrons. The third-order valence-corrected chi connectivity index (χ3v) is 3.89. The van der Waals surface area contributed by atoms with Crippen molar-refractivity contribution in [1.29, 1.82) is 0 Å². The predicted molar refractivity (Wildman–Crippen MR) is 76.1 cm³/mol. The summed E-state index contributed by atoms with van der Waals surface area (Å²) in [5.74, 6) is -0.933. The molecule has 0 aromatic rings. The van der Waals surface area contributed by atoms with Crippen molar-refractivity contribution in [1.82, 2.24) is 9.80 Å². The monoisotopic (exact) mass is 320 g/mol. The van der Waals surface area contributed by atoms with E-state index in [1.54, 1.807) is 6.92 Å². The van der Waals surface area contributed by atoms with Crippen LogP contribution >= 0.6 is 11.8 Å². The summed E-state index contributed by atoms with van der Waals surface area (Å²) in [6.07, 6.45) is 0. The molecule has 2 amide bonds. The topological polar surface area (TPSA) is 96.4 Å². The number of urea groups is 1. The van der Waals surface area contributed by atoms with Gasteiger partial charge in [-0.25, -0.2) is 9.59 Å². The Morgan fingerprint density at radius 2 is 2.14 bits per heavy atom. The molecule has 0 spiro atoms. The van der Waals surface area contributed by atoms with Gasteiger partial charge in [-0.15, -0.1) is 11.8 Å². The minimum absolute atomic E-state index is 0.196. The second kappa shape index (κ2) is 8.73. The van der Waals surface area contributed by atoms with Gasteiger partial charge in [0.1, 0.15) is 12.6 Å². The van der Waals surface area contributed by atoms with Crippen molar-refractivity contribution in [3.8, 4) is 0 Å². The number of carbonyl (C=O) groups is 3. The first kappa shape index (κ1) is 17.6. The average molecular weight is 320 g/mol. The minimum Gasteiger partial charge on any atom is -0.480 e. The maximum Gasteiger partial charge on any atom is 0.327 e. The lowest BCUT2D eigenvalue weighted by molar-refractivity contribution is -0.144. The van der Waals surface area contributed by atoms with Crippen LogP contribution in [0.15, 0.2) is 0 Å². The van der Waals surface area contributed by atoms with Crippen LogP contribution in [0.3, 0.4) is 0 Å². The molecule has 1 heterocycles. The first-order valence-electron chi connectivity index (χ1n) is 6.51. The summed E-state index contributed by atoms with van der Waals surface area (Å²) < 4.78 is 9.74. The summed E-state index contributed by atoms with van der Waals surface area (Å²) in [4.78, 5) is 37.6. The number of carbonyl (C=O) groups excluding carboxylic acids is 2. The Kier molecular flexibility index (Phi) is 7.30. The molecule has 0 aromatic carbocycles. The van der Waals surface area contributed by atoms with E-state index in [9.17, 15) is 14.4 Å². The standard InChI is InChI=1S/C12H20N2O6S/c1-3-20-10(15)6-13(4-5-19-2)12(18)14-8-21-7-9(14)11(16)17/h9H,3-8H2,1-2H3,(H,16,17)/t9-/m0/s1. The van der Waals surface area contributed by atoms with E-state index in [-0.39, 0.29) is 26.3 Å². The van der Waals surface area contributed by atoms with E-state index < -0.39 is 24.0 Å². The van der Waals surface area contributed by atoms with Gasteiger partial charge in [0.15, 0.2) is 0 Å². The molecule has 1 saturated heterocycles. The zero-order chi connectivity index (χ0) is 15.8. The third kappa shape index (κ3) is 5.09.